The van der Waals surface area contributed by atoms with Crippen LogP contribution in [0.15, 0.2) is 23.4 Å². The maximum absolute atomic E-state index is 12.5. The Bertz CT molecular complexity index is 808. The van der Waals surface area contributed by atoms with Gasteiger partial charge in [-0.1, -0.05) is 24.2 Å². The smallest absolute Gasteiger partial charge is 0.233 e. The molecule has 2 aliphatic rings. The summed E-state index contributed by atoms with van der Waals surface area (Å²) >= 11 is 1.47. The molecule has 0 unspecified atom stereocenters. The fourth-order valence-electron chi connectivity index (χ4n) is 3.14. The topological polar surface area (TPSA) is 78.3 Å². The largest absolute Gasteiger partial charge is 0.454 e. The normalized spacial score (nSPS) is 16.7. The Kier molecular flexibility index (Phi) is 5.01. The molecule has 1 aromatic heterocycles. The number of nitrogens with one attached hydrogen (secondary N) is 1. The lowest BCUT2D eigenvalue weighted by Gasteiger charge is -2.13. The van der Waals surface area contributed by atoms with Crippen molar-refractivity contribution in [2.24, 2.45) is 0 Å². The number of amides is 1. The van der Waals surface area contributed by atoms with Gasteiger partial charge in [-0.25, -0.2) is 0 Å². The fourth-order valence-corrected chi connectivity index (χ4v) is 4.06. The lowest BCUT2D eigenvalue weighted by Crippen LogP contribution is -2.30. The summed E-state index contributed by atoms with van der Waals surface area (Å²) in [5.41, 5.74) is 0.983. The number of benzene rings is 1. The maximum atomic E-state index is 12.5. The molecule has 0 saturated heterocycles. The standard InChI is InChI=1S/C18H22N4O3S/c1-12(26-18-21-20-16-5-3-2-4-8-22(16)18)17(23)19-10-13-6-7-14-15(9-13)25-11-24-14/h6-7,9,12H,2-5,8,10-11H2,1H3,(H,19,23)/t12-/m0/s1. The van der Waals surface area contributed by atoms with Gasteiger partial charge >= 0.3 is 0 Å². The summed E-state index contributed by atoms with van der Waals surface area (Å²) in [5, 5.41) is 12.2. The highest BCUT2D eigenvalue weighted by atomic mass is 32.2. The number of aryl methyl sites for hydroxylation is 1. The summed E-state index contributed by atoms with van der Waals surface area (Å²) in [6.45, 7) is 3.55. The Morgan fingerprint density at radius 2 is 2.15 bits per heavy atom. The summed E-state index contributed by atoms with van der Waals surface area (Å²) in [4.78, 5) is 12.5. The first-order chi connectivity index (χ1) is 12.7. The van der Waals surface area contributed by atoms with Crippen molar-refractivity contribution < 1.29 is 14.3 Å². The Hall–Kier alpha value is -2.22. The first-order valence-corrected chi connectivity index (χ1v) is 9.83. The highest BCUT2D eigenvalue weighted by molar-refractivity contribution is 8.00. The molecule has 1 N–H and O–H groups in total. The highest BCUT2D eigenvalue weighted by Crippen LogP contribution is 2.32. The lowest BCUT2D eigenvalue weighted by molar-refractivity contribution is -0.120. The first kappa shape index (κ1) is 17.2. The van der Waals surface area contributed by atoms with Crippen LogP contribution >= 0.6 is 11.8 Å². The average molecular weight is 374 g/mol. The van der Waals surface area contributed by atoms with Gasteiger partial charge in [0, 0.05) is 19.5 Å². The Labute approximate surface area is 156 Å². The average Bonchev–Trinajstić information content (AvgIpc) is 3.19. The molecule has 7 nitrogen and oxygen atoms in total. The Morgan fingerprint density at radius 3 is 3.08 bits per heavy atom. The predicted octanol–water partition coefficient (Wildman–Crippen LogP) is 2.53. The summed E-state index contributed by atoms with van der Waals surface area (Å²) < 4.78 is 12.8. The number of hydrogen-bond acceptors (Lipinski definition) is 6. The maximum Gasteiger partial charge on any atom is 0.233 e. The van der Waals surface area contributed by atoms with Crippen LogP contribution in [0.25, 0.3) is 0 Å². The molecule has 0 spiro atoms. The number of fused-ring (bicyclic) bond motifs is 2. The molecular weight excluding hydrogens is 352 g/mol. The van der Waals surface area contributed by atoms with E-state index in [2.05, 4.69) is 20.1 Å². The molecule has 138 valence electrons. The van der Waals surface area contributed by atoms with Crippen molar-refractivity contribution in [3.8, 4) is 11.5 Å². The molecule has 0 fully saturated rings. The number of ether oxygens (including phenoxy) is 2. The van der Waals surface area contributed by atoms with Gasteiger partial charge < -0.3 is 19.4 Å². The summed E-state index contributed by atoms with van der Waals surface area (Å²) in [5.74, 6) is 2.50. The van der Waals surface area contributed by atoms with Gasteiger partial charge in [0.2, 0.25) is 12.7 Å². The van der Waals surface area contributed by atoms with E-state index in [1.54, 1.807) is 0 Å². The molecule has 1 atom stereocenters. The molecular formula is C18H22N4O3S. The second-order valence-corrected chi connectivity index (χ2v) is 7.83. The number of nitrogens with zero attached hydrogens (tertiary/aromatic N) is 3. The van der Waals surface area contributed by atoms with Crippen molar-refractivity contribution in [1.29, 1.82) is 0 Å². The van der Waals surface area contributed by atoms with Gasteiger partial charge in [0.15, 0.2) is 16.7 Å². The third kappa shape index (κ3) is 3.65. The minimum atomic E-state index is -0.236. The molecule has 0 radical (unpaired) electrons. The van der Waals surface area contributed by atoms with Gasteiger partial charge in [-0.15, -0.1) is 10.2 Å². The van der Waals surface area contributed by atoms with Crippen molar-refractivity contribution >= 4 is 17.7 Å². The number of rotatable bonds is 5. The van der Waals surface area contributed by atoms with Gasteiger partial charge in [0.1, 0.15) is 5.82 Å². The van der Waals surface area contributed by atoms with E-state index in [-0.39, 0.29) is 18.0 Å². The summed E-state index contributed by atoms with van der Waals surface area (Å²) in [7, 11) is 0. The molecule has 4 rings (SSSR count). The van der Waals surface area contributed by atoms with E-state index in [9.17, 15) is 4.79 Å². The number of carbonyl (C=O) groups excluding carboxylic acids is 1. The molecule has 1 aromatic carbocycles. The minimum absolute atomic E-state index is 0.0151. The van der Waals surface area contributed by atoms with E-state index >= 15 is 0 Å². The summed E-state index contributed by atoms with van der Waals surface area (Å²) in [6, 6.07) is 5.70. The molecule has 26 heavy (non-hydrogen) atoms. The van der Waals surface area contributed by atoms with Crippen LogP contribution in [-0.2, 0) is 24.3 Å². The van der Waals surface area contributed by atoms with E-state index in [0.29, 0.717) is 6.54 Å². The molecule has 0 bridgehead atoms. The van der Waals surface area contributed by atoms with Crippen LogP contribution < -0.4 is 14.8 Å². The quantitative estimate of drug-likeness (QED) is 0.811. The van der Waals surface area contributed by atoms with Gasteiger partial charge in [0.05, 0.1) is 5.25 Å². The minimum Gasteiger partial charge on any atom is -0.454 e. The summed E-state index contributed by atoms with van der Waals surface area (Å²) in [6.07, 6.45) is 4.49. The van der Waals surface area contributed by atoms with Crippen molar-refractivity contribution in [1.82, 2.24) is 20.1 Å². The van der Waals surface area contributed by atoms with E-state index in [0.717, 1.165) is 53.9 Å². The zero-order chi connectivity index (χ0) is 17.9. The molecule has 2 aromatic rings. The van der Waals surface area contributed by atoms with Crippen LogP contribution in [0, 0.1) is 0 Å². The van der Waals surface area contributed by atoms with E-state index in [4.69, 9.17) is 9.47 Å². The number of aromatic nitrogens is 3. The second kappa shape index (κ2) is 7.57. The third-order valence-electron chi connectivity index (χ3n) is 4.63. The van der Waals surface area contributed by atoms with E-state index in [1.807, 2.05) is 25.1 Å². The molecule has 0 aliphatic carbocycles. The lowest BCUT2D eigenvalue weighted by atomic mass is 10.2. The monoisotopic (exact) mass is 374 g/mol. The number of carbonyl (C=O) groups is 1. The van der Waals surface area contributed by atoms with Gasteiger partial charge in [-0.2, -0.15) is 0 Å². The van der Waals surface area contributed by atoms with Crippen molar-refractivity contribution in [3.63, 3.8) is 0 Å². The Morgan fingerprint density at radius 1 is 1.27 bits per heavy atom. The van der Waals surface area contributed by atoms with Crippen LogP contribution in [-0.4, -0.2) is 32.7 Å². The van der Waals surface area contributed by atoms with Crippen LogP contribution in [0.3, 0.4) is 0 Å². The van der Waals surface area contributed by atoms with Crippen molar-refractivity contribution in [3.05, 3.63) is 29.6 Å². The van der Waals surface area contributed by atoms with E-state index < -0.39 is 0 Å². The molecule has 0 saturated carbocycles. The highest BCUT2D eigenvalue weighted by Gasteiger charge is 2.21. The molecule has 3 heterocycles. The molecule has 8 heteroatoms. The van der Waals surface area contributed by atoms with Crippen molar-refractivity contribution in [2.75, 3.05) is 6.79 Å². The van der Waals surface area contributed by atoms with E-state index in [1.165, 1.54) is 18.2 Å². The Balaban J connectivity index is 1.34. The van der Waals surface area contributed by atoms with Crippen molar-refractivity contribution in [2.45, 2.75) is 56.1 Å². The molecule has 1 amide bonds. The number of thioether (sulfide) groups is 1. The van der Waals surface area contributed by atoms with Crippen LogP contribution in [0.5, 0.6) is 11.5 Å². The fraction of sp³-hybridized carbons (Fsp3) is 0.500. The van der Waals surface area contributed by atoms with Crippen LogP contribution in [0.4, 0.5) is 0 Å². The second-order valence-electron chi connectivity index (χ2n) is 6.53. The predicted molar refractivity (Wildman–Crippen MR) is 97.3 cm³/mol. The van der Waals surface area contributed by atoms with Crippen LogP contribution in [0.2, 0.25) is 0 Å². The molecule has 2 aliphatic heterocycles. The van der Waals surface area contributed by atoms with Gasteiger partial charge in [-0.3, -0.25) is 4.79 Å². The van der Waals surface area contributed by atoms with Crippen LogP contribution in [0.1, 0.15) is 37.6 Å². The third-order valence-corrected chi connectivity index (χ3v) is 5.71. The zero-order valence-electron chi connectivity index (χ0n) is 14.7. The first-order valence-electron chi connectivity index (χ1n) is 8.95. The van der Waals surface area contributed by atoms with Gasteiger partial charge in [-0.05, 0) is 37.5 Å². The zero-order valence-corrected chi connectivity index (χ0v) is 15.6. The van der Waals surface area contributed by atoms with Gasteiger partial charge in [0.25, 0.3) is 0 Å². The SMILES string of the molecule is C[C@H](Sc1nnc2n1CCCCC2)C(=O)NCc1ccc2c(c1)OCO2. The number of hydrogen-bond donors (Lipinski definition) is 1.